The van der Waals surface area contributed by atoms with Gasteiger partial charge in [0.1, 0.15) is 0 Å². The summed E-state index contributed by atoms with van der Waals surface area (Å²) in [6, 6.07) is 12.0. The van der Waals surface area contributed by atoms with E-state index in [2.05, 4.69) is 32.9 Å². The molecule has 0 fully saturated rings. The minimum Gasteiger partial charge on any atom is -0.199 e. The Kier molecular flexibility index (Phi) is 16.4. The Morgan fingerprint density at radius 2 is 1.47 bits per heavy atom. The Balaban J connectivity index is 0. The highest BCUT2D eigenvalue weighted by Crippen LogP contribution is 1.92. The summed E-state index contributed by atoms with van der Waals surface area (Å²) in [5.41, 5.74) is 1.32. The Labute approximate surface area is 94.8 Å². The first-order chi connectivity index (χ1) is 7.22. The Morgan fingerprint density at radius 3 is 1.60 bits per heavy atom. The molecule has 15 heavy (non-hydrogen) atoms. The van der Waals surface area contributed by atoms with Crippen molar-refractivity contribution in [2.24, 2.45) is 0 Å². The molecule has 0 amide bonds. The lowest BCUT2D eigenvalue weighted by molar-refractivity contribution is 0.772. The van der Waals surface area contributed by atoms with Crippen molar-refractivity contribution >= 4 is 0 Å². The van der Waals surface area contributed by atoms with E-state index in [1.54, 1.807) is 6.07 Å². The fourth-order valence-corrected chi connectivity index (χ4v) is 0.888. The summed E-state index contributed by atoms with van der Waals surface area (Å²) in [7, 11) is 0. The van der Waals surface area contributed by atoms with Crippen LogP contribution >= 0.6 is 0 Å². The van der Waals surface area contributed by atoms with Crippen LogP contribution in [0.2, 0.25) is 0 Å². The van der Waals surface area contributed by atoms with E-state index in [4.69, 9.17) is 5.26 Å². The molecule has 0 spiro atoms. The van der Waals surface area contributed by atoms with Crippen molar-refractivity contribution in [3.05, 3.63) is 35.9 Å². The molecule has 0 aromatic heterocycles. The molecule has 0 N–H and O–H groups in total. The molecule has 1 heteroatoms. The third-order valence-electron chi connectivity index (χ3n) is 1.65. The zero-order valence-corrected chi connectivity index (χ0v) is 10.5. The number of benzene rings is 1. The summed E-state index contributed by atoms with van der Waals surface area (Å²) in [6.45, 7) is 7.94. The van der Waals surface area contributed by atoms with Gasteiger partial charge in [-0.2, -0.15) is 5.26 Å². The molecule has 0 aliphatic heterocycles. The van der Waals surface area contributed by atoms with Crippen molar-refractivity contribution in [3.8, 4) is 6.07 Å². The second kappa shape index (κ2) is 15.2. The largest absolute Gasteiger partial charge is 0.199 e. The van der Waals surface area contributed by atoms with Gasteiger partial charge in [-0.15, -0.1) is 0 Å². The normalized spacial score (nSPS) is 7.40. The van der Waals surface area contributed by atoms with Crippen molar-refractivity contribution in [1.82, 2.24) is 0 Å². The molecular formula is C14H23N. The first kappa shape index (κ1) is 16.2. The molecule has 1 rings (SSSR count). The van der Waals surface area contributed by atoms with Gasteiger partial charge in [0.25, 0.3) is 0 Å². The van der Waals surface area contributed by atoms with Crippen LogP contribution in [0.15, 0.2) is 30.3 Å². The predicted molar refractivity (Wildman–Crippen MR) is 67.7 cm³/mol. The fourth-order valence-electron chi connectivity index (χ4n) is 0.888. The Morgan fingerprint density at radius 1 is 1.07 bits per heavy atom. The maximum absolute atomic E-state index is 7.32. The lowest BCUT2D eigenvalue weighted by Gasteiger charge is -1.82. The van der Waals surface area contributed by atoms with Crippen molar-refractivity contribution in [2.45, 2.75) is 47.0 Å². The van der Waals surface area contributed by atoms with E-state index in [1.807, 2.05) is 18.2 Å². The smallest absolute Gasteiger partial charge is 0.0587 e. The quantitative estimate of drug-likeness (QED) is 0.685. The van der Waals surface area contributed by atoms with Crippen LogP contribution in [-0.4, -0.2) is 0 Å². The monoisotopic (exact) mass is 205 g/mol. The number of nitriles is 1. The molecule has 0 heterocycles. The molecule has 0 unspecified atom stereocenters. The zero-order chi connectivity index (χ0) is 11.9. The summed E-state index contributed by atoms with van der Waals surface area (Å²) < 4.78 is 0. The highest BCUT2D eigenvalue weighted by molar-refractivity contribution is 5.11. The standard InChI is InChI=1S/C7H8.C5H12.C2H3N/c1-7-5-3-2-4-6-7;1-3-5-4-2;1-2-3/h2-6H,1H3;3-5H2,1-2H3;1H3. The lowest BCUT2D eigenvalue weighted by Crippen LogP contribution is -1.62. The molecule has 0 radical (unpaired) electrons. The van der Waals surface area contributed by atoms with Crippen LogP contribution in [-0.2, 0) is 0 Å². The molecule has 0 bridgehead atoms. The fraction of sp³-hybridized carbons (Fsp3) is 0.500. The van der Waals surface area contributed by atoms with Gasteiger partial charge in [-0.3, -0.25) is 0 Å². The first-order valence-corrected chi connectivity index (χ1v) is 5.55. The van der Waals surface area contributed by atoms with Crippen LogP contribution in [0.4, 0.5) is 0 Å². The molecule has 0 aliphatic carbocycles. The average Bonchev–Trinajstić information content (AvgIpc) is 2.22. The highest BCUT2D eigenvalue weighted by atomic mass is 14.2. The highest BCUT2D eigenvalue weighted by Gasteiger charge is 1.72. The van der Waals surface area contributed by atoms with Gasteiger partial charge in [-0.05, 0) is 6.92 Å². The van der Waals surface area contributed by atoms with E-state index in [9.17, 15) is 0 Å². The molecular weight excluding hydrogens is 182 g/mol. The maximum atomic E-state index is 7.32. The summed E-state index contributed by atoms with van der Waals surface area (Å²) in [4.78, 5) is 0. The third kappa shape index (κ3) is 19.2. The van der Waals surface area contributed by atoms with Gasteiger partial charge in [0, 0.05) is 6.92 Å². The Bertz CT molecular complexity index is 231. The van der Waals surface area contributed by atoms with Crippen LogP contribution in [0, 0.1) is 18.3 Å². The second-order valence-electron chi connectivity index (χ2n) is 3.23. The lowest BCUT2D eigenvalue weighted by atomic mass is 10.2. The van der Waals surface area contributed by atoms with Crippen LogP contribution in [0.25, 0.3) is 0 Å². The summed E-state index contributed by atoms with van der Waals surface area (Å²) in [5.74, 6) is 0. The van der Waals surface area contributed by atoms with Crippen molar-refractivity contribution in [3.63, 3.8) is 0 Å². The Hall–Kier alpha value is -1.29. The molecule has 84 valence electrons. The molecule has 1 nitrogen and oxygen atoms in total. The topological polar surface area (TPSA) is 23.8 Å². The van der Waals surface area contributed by atoms with E-state index in [-0.39, 0.29) is 0 Å². The summed E-state index contributed by atoms with van der Waals surface area (Å²) >= 11 is 0. The SMILES string of the molecule is CC#N.CCCCC.Cc1ccccc1. The van der Waals surface area contributed by atoms with E-state index in [1.165, 1.54) is 31.7 Å². The third-order valence-corrected chi connectivity index (χ3v) is 1.65. The van der Waals surface area contributed by atoms with Crippen LogP contribution < -0.4 is 0 Å². The van der Waals surface area contributed by atoms with E-state index >= 15 is 0 Å². The van der Waals surface area contributed by atoms with E-state index in [0.717, 1.165) is 0 Å². The van der Waals surface area contributed by atoms with Gasteiger partial charge < -0.3 is 0 Å². The molecule has 0 saturated carbocycles. The molecule has 1 aromatic rings. The van der Waals surface area contributed by atoms with Gasteiger partial charge in [-0.25, -0.2) is 0 Å². The minimum absolute atomic E-state index is 1.32. The molecule has 0 saturated heterocycles. The summed E-state index contributed by atoms with van der Waals surface area (Å²) in [6.07, 6.45) is 4.08. The first-order valence-electron chi connectivity index (χ1n) is 5.55. The van der Waals surface area contributed by atoms with E-state index < -0.39 is 0 Å². The number of aryl methyl sites for hydroxylation is 1. The number of nitrogens with zero attached hydrogens (tertiary/aromatic N) is 1. The van der Waals surface area contributed by atoms with Gasteiger partial charge in [-0.1, -0.05) is 69.0 Å². The minimum atomic E-state index is 1.32. The van der Waals surface area contributed by atoms with Crippen molar-refractivity contribution in [1.29, 1.82) is 5.26 Å². The van der Waals surface area contributed by atoms with Gasteiger partial charge >= 0.3 is 0 Å². The number of rotatable bonds is 2. The summed E-state index contributed by atoms with van der Waals surface area (Å²) in [5, 5.41) is 7.32. The van der Waals surface area contributed by atoms with Gasteiger partial charge in [0.15, 0.2) is 0 Å². The van der Waals surface area contributed by atoms with E-state index in [0.29, 0.717) is 0 Å². The van der Waals surface area contributed by atoms with Gasteiger partial charge in [0.2, 0.25) is 0 Å². The number of hydrogen-bond donors (Lipinski definition) is 0. The van der Waals surface area contributed by atoms with Gasteiger partial charge in [0.05, 0.1) is 6.07 Å². The molecule has 0 atom stereocenters. The molecule has 1 aromatic carbocycles. The van der Waals surface area contributed by atoms with Crippen molar-refractivity contribution < 1.29 is 0 Å². The average molecular weight is 205 g/mol. The predicted octanol–water partition coefficient (Wildman–Crippen LogP) is 4.72. The second-order valence-corrected chi connectivity index (χ2v) is 3.23. The molecule has 0 aliphatic rings. The number of unbranched alkanes of at least 4 members (excludes halogenated alkanes) is 2. The van der Waals surface area contributed by atoms with Crippen LogP contribution in [0.5, 0.6) is 0 Å². The van der Waals surface area contributed by atoms with Crippen LogP contribution in [0.3, 0.4) is 0 Å². The maximum Gasteiger partial charge on any atom is 0.0587 e. The van der Waals surface area contributed by atoms with Crippen molar-refractivity contribution in [2.75, 3.05) is 0 Å². The zero-order valence-electron chi connectivity index (χ0n) is 10.5. The number of hydrogen-bond acceptors (Lipinski definition) is 1. The van der Waals surface area contributed by atoms with Crippen LogP contribution in [0.1, 0.15) is 45.6 Å².